The number of aryl methyl sites for hydroxylation is 1. The maximum Gasteiger partial charge on any atom is 0.238 e. The van der Waals surface area contributed by atoms with Crippen LogP contribution >= 0.6 is 10.7 Å². The van der Waals surface area contributed by atoms with Gasteiger partial charge in [-0.2, -0.15) is 0 Å². The van der Waals surface area contributed by atoms with Gasteiger partial charge >= 0.3 is 0 Å². The average molecular weight is 245 g/mol. The number of halogens is 1. The molecular weight excluding hydrogens is 236 g/mol. The zero-order chi connectivity index (χ0) is 11.1. The van der Waals surface area contributed by atoms with Crippen LogP contribution in [0.5, 0.6) is 0 Å². The van der Waals surface area contributed by atoms with Crippen LogP contribution in [0.3, 0.4) is 0 Å². The topological polar surface area (TPSA) is 51.4 Å². The van der Waals surface area contributed by atoms with Gasteiger partial charge in [0.05, 0.1) is 5.69 Å². The lowest BCUT2D eigenvalue weighted by Crippen LogP contribution is -1.94. The van der Waals surface area contributed by atoms with Crippen molar-refractivity contribution in [1.29, 1.82) is 0 Å². The minimum Gasteiger partial charge on any atom is -0.307 e. The molecule has 0 saturated heterocycles. The van der Waals surface area contributed by atoms with Crippen molar-refractivity contribution < 1.29 is 8.42 Å². The Morgan fingerprint density at radius 1 is 1.40 bits per heavy atom. The molecule has 0 spiro atoms. The van der Waals surface area contributed by atoms with E-state index in [0.29, 0.717) is 5.69 Å². The van der Waals surface area contributed by atoms with Gasteiger partial charge in [0.1, 0.15) is 11.4 Å². The summed E-state index contributed by atoms with van der Waals surface area (Å²) in [6.07, 6.45) is 3.55. The summed E-state index contributed by atoms with van der Waals surface area (Å²) in [5.74, 6) is -0.241. The van der Waals surface area contributed by atoms with Crippen molar-refractivity contribution in [3.8, 4) is 0 Å². The molecule has 2 heterocycles. The number of imidazole rings is 1. The molecular formula is C9H9ClN2O2S. The van der Waals surface area contributed by atoms with Crippen LogP contribution in [0, 0.1) is 6.92 Å². The van der Waals surface area contributed by atoms with Crippen molar-refractivity contribution >= 4 is 25.4 Å². The highest BCUT2D eigenvalue weighted by atomic mass is 35.7. The molecule has 0 saturated carbocycles. The molecule has 4 nitrogen and oxygen atoms in total. The van der Waals surface area contributed by atoms with Crippen molar-refractivity contribution in [3.05, 3.63) is 35.8 Å². The molecule has 0 fully saturated rings. The Kier molecular flexibility index (Phi) is 2.44. The van der Waals surface area contributed by atoms with Crippen LogP contribution < -0.4 is 0 Å². The zero-order valence-electron chi connectivity index (χ0n) is 8.01. The van der Waals surface area contributed by atoms with Crippen LogP contribution in [-0.4, -0.2) is 17.8 Å². The Bertz CT molecular complexity index is 604. The second kappa shape index (κ2) is 3.50. The molecule has 0 unspecified atom stereocenters. The number of pyridine rings is 1. The van der Waals surface area contributed by atoms with Crippen LogP contribution in [0.4, 0.5) is 0 Å². The van der Waals surface area contributed by atoms with E-state index < -0.39 is 9.05 Å². The highest BCUT2D eigenvalue weighted by molar-refractivity contribution is 8.13. The van der Waals surface area contributed by atoms with Crippen molar-refractivity contribution in [2.45, 2.75) is 12.7 Å². The summed E-state index contributed by atoms with van der Waals surface area (Å²) in [6, 6.07) is 3.75. The van der Waals surface area contributed by atoms with Crippen LogP contribution in [0.2, 0.25) is 0 Å². The molecule has 2 rings (SSSR count). The van der Waals surface area contributed by atoms with Gasteiger partial charge in [0.2, 0.25) is 9.05 Å². The van der Waals surface area contributed by atoms with Crippen molar-refractivity contribution in [1.82, 2.24) is 9.38 Å². The summed E-state index contributed by atoms with van der Waals surface area (Å²) in [4.78, 5) is 4.14. The Morgan fingerprint density at radius 2 is 2.13 bits per heavy atom. The van der Waals surface area contributed by atoms with Crippen LogP contribution in [0.1, 0.15) is 11.3 Å². The predicted molar refractivity (Wildman–Crippen MR) is 58.4 cm³/mol. The highest BCUT2D eigenvalue weighted by Crippen LogP contribution is 2.11. The molecule has 0 amide bonds. The molecule has 2 aromatic rings. The van der Waals surface area contributed by atoms with Crippen LogP contribution in [-0.2, 0) is 14.8 Å². The molecule has 0 N–H and O–H groups in total. The van der Waals surface area contributed by atoms with Gasteiger partial charge in [0, 0.05) is 23.1 Å². The summed E-state index contributed by atoms with van der Waals surface area (Å²) in [7, 11) is 1.61. The lowest BCUT2D eigenvalue weighted by atomic mass is 10.3. The Hall–Kier alpha value is -1.07. The molecule has 0 aliphatic rings. The van der Waals surface area contributed by atoms with Gasteiger partial charge in [-0.15, -0.1) is 0 Å². The Balaban J connectivity index is 2.48. The normalized spacial score (nSPS) is 12.1. The molecule has 0 aliphatic heterocycles. The van der Waals surface area contributed by atoms with E-state index in [1.165, 1.54) is 0 Å². The van der Waals surface area contributed by atoms with E-state index in [-0.39, 0.29) is 5.75 Å². The first kappa shape index (κ1) is 10.4. The third-order valence-corrected chi connectivity index (χ3v) is 2.94. The summed E-state index contributed by atoms with van der Waals surface area (Å²) in [5, 5.41) is 0. The van der Waals surface area contributed by atoms with E-state index in [2.05, 4.69) is 4.98 Å². The minimum absolute atomic E-state index is 0.241. The van der Waals surface area contributed by atoms with Crippen molar-refractivity contribution in [2.75, 3.05) is 0 Å². The smallest absolute Gasteiger partial charge is 0.238 e. The standard InChI is InChI=1S/C9H9ClN2O2S/c1-7-2-3-9-11-8(5-12(9)4-7)6-15(10,13)14/h2-5H,6H2,1H3. The van der Waals surface area contributed by atoms with E-state index in [1.807, 2.05) is 25.3 Å². The van der Waals surface area contributed by atoms with Crippen molar-refractivity contribution in [3.63, 3.8) is 0 Å². The van der Waals surface area contributed by atoms with Gasteiger partial charge in [0.25, 0.3) is 0 Å². The summed E-state index contributed by atoms with van der Waals surface area (Å²) in [5.41, 5.74) is 2.26. The number of hydrogen-bond donors (Lipinski definition) is 0. The fourth-order valence-electron chi connectivity index (χ4n) is 1.40. The number of aromatic nitrogens is 2. The number of nitrogens with zero attached hydrogens (tertiary/aromatic N) is 2. The largest absolute Gasteiger partial charge is 0.307 e. The quantitative estimate of drug-likeness (QED) is 0.756. The van der Waals surface area contributed by atoms with Gasteiger partial charge in [-0.05, 0) is 18.6 Å². The van der Waals surface area contributed by atoms with E-state index in [1.54, 1.807) is 10.6 Å². The van der Waals surface area contributed by atoms with Gasteiger partial charge < -0.3 is 4.40 Å². The second-order valence-electron chi connectivity index (χ2n) is 3.39. The average Bonchev–Trinajstić information content (AvgIpc) is 2.42. The van der Waals surface area contributed by atoms with Crippen molar-refractivity contribution in [2.24, 2.45) is 0 Å². The maximum atomic E-state index is 10.9. The number of hydrogen-bond acceptors (Lipinski definition) is 3. The molecule has 0 aromatic carbocycles. The third-order valence-electron chi connectivity index (χ3n) is 1.97. The molecule has 0 aliphatic carbocycles. The van der Waals surface area contributed by atoms with Gasteiger partial charge in [-0.25, -0.2) is 13.4 Å². The summed E-state index contributed by atoms with van der Waals surface area (Å²) in [6.45, 7) is 1.96. The lowest BCUT2D eigenvalue weighted by molar-refractivity contribution is 0.608. The highest BCUT2D eigenvalue weighted by Gasteiger charge is 2.10. The Labute approximate surface area is 91.9 Å². The third kappa shape index (κ3) is 2.49. The number of rotatable bonds is 2. The van der Waals surface area contributed by atoms with Gasteiger partial charge in [-0.1, -0.05) is 6.07 Å². The molecule has 0 bridgehead atoms. The van der Waals surface area contributed by atoms with E-state index >= 15 is 0 Å². The maximum absolute atomic E-state index is 10.9. The predicted octanol–water partition coefficient (Wildman–Crippen LogP) is 1.71. The fourth-order valence-corrected chi connectivity index (χ4v) is 2.23. The van der Waals surface area contributed by atoms with Crippen LogP contribution in [0.15, 0.2) is 24.5 Å². The van der Waals surface area contributed by atoms with E-state index in [4.69, 9.17) is 10.7 Å². The SMILES string of the molecule is Cc1ccc2nc(CS(=O)(=O)Cl)cn2c1. The van der Waals surface area contributed by atoms with Crippen LogP contribution in [0.25, 0.3) is 5.65 Å². The lowest BCUT2D eigenvalue weighted by Gasteiger charge is -1.93. The first-order valence-electron chi connectivity index (χ1n) is 4.31. The summed E-state index contributed by atoms with van der Waals surface area (Å²) < 4.78 is 23.5. The molecule has 0 radical (unpaired) electrons. The van der Waals surface area contributed by atoms with E-state index in [0.717, 1.165) is 11.2 Å². The van der Waals surface area contributed by atoms with Gasteiger partial charge in [-0.3, -0.25) is 0 Å². The fraction of sp³-hybridized carbons (Fsp3) is 0.222. The minimum atomic E-state index is -3.54. The van der Waals surface area contributed by atoms with Gasteiger partial charge in [0.15, 0.2) is 0 Å². The molecule has 80 valence electrons. The molecule has 0 atom stereocenters. The van der Waals surface area contributed by atoms with E-state index in [9.17, 15) is 8.42 Å². The second-order valence-corrected chi connectivity index (χ2v) is 6.16. The summed E-state index contributed by atoms with van der Waals surface area (Å²) >= 11 is 0. The molecule has 6 heteroatoms. The molecule has 2 aromatic heterocycles. The zero-order valence-corrected chi connectivity index (χ0v) is 9.59. The Morgan fingerprint density at radius 3 is 2.80 bits per heavy atom. The first-order valence-corrected chi connectivity index (χ1v) is 6.78. The monoisotopic (exact) mass is 244 g/mol. The molecule has 15 heavy (non-hydrogen) atoms. The first-order chi connectivity index (χ1) is 6.94. The number of fused-ring (bicyclic) bond motifs is 1.